The molecule has 0 fully saturated rings. The van der Waals surface area contributed by atoms with Gasteiger partial charge in [-0.2, -0.15) is 0 Å². The smallest absolute Gasteiger partial charge is 0.122 e. The summed E-state index contributed by atoms with van der Waals surface area (Å²) < 4.78 is 12.3. The summed E-state index contributed by atoms with van der Waals surface area (Å²) in [7, 11) is 4.14. The van der Waals surface area contributed by atoms with Gasteiger partial charge >= 0.3 is 0 Å². The van der Waals surface area contributed by atoms with Crippen LogP contribution in [0.2, 0.25) is 0 Å². The summed E-state index contributed by atoms with van der Waals surface area (Å²) >= 11 is 3.44. The Morgan fingerprint density at radius 3 is 2.65 bits per heavy atom. The third-order valence-corrected chi connectivity index (χ3v) is 3.27. The second-order valence-electron chi connectivity index (χ2n) is 4.92. The highest BCUT2D eigenvalue weighted by molar-refractivity contribution is 9.10. The molecule has 4 nitrogen and oxygen atoms in total. The predicted octanol–water partition coefficient (Wildman–Crippen LogP) is 2.30. The summed E-state index contributed by atoms with van der Waals surface area (Å²) in [5, 5.41) is 3.33. The highest BCUT2D eigenvalue weighted by Crippen LogP contribution is 2.21. The second kappa shape index (κ2) is 10.2. The van der Waals surface area contributed by atoms with Gasteiger partial charge in [0.25, 0.3) is 0 Å². The van der Waals surface area contributed by atoms with Gasteiger partial charge in [-0.15, -0.1) is 0 Å². The van der Waals surface area contributed by atoms with Crippen molar-refractivity contribution in [3.63, 3.8) is 0 Å². The second-order valence-corrected chi connectivity index (χ2v) is 5.84. The molecule has 0 aliphatic heterocycles. The van der Waals surface area contributed by atoms with Crippen molar-refractivity contribution in [1.82, 2.24) is 10.2 Å². The average Bonchev–Trinajstić information content (AvgIpc) is 2.38. The molecule has 5 heteroatoms. The molecule has 0 atom stereocenters. The van der Waals surface area contributed by atoms with Gasteiger partial charge in [-0.25, -0.2) is 0 Å². The molecule has 0 aliphatic carbocycles. The molecular formula is C15H25BrN2O2. The summed E-state index contributed by atoms with van der Waals surface area (Å²) in [4.78, 5) is 2.16. The SMILES string of the molecule is Cc1cc(Br)ccc1OCCOCCNCCN(C)C. The quantitative estimate of drug-likeness (QED) is 0.660. The van der Waals surface area contributed by atoms with Gasteiger partial charge < -0.3 is 19.7 Å². The molecule has 0 spiro atoms. The highest BCUT2D eigenvalue weighted by atomic mass is 79.9. The standard InChI is InChI=1S/C15H25BrN2O2/c1-13-12-14(16)4-5-15(13)20-11-10-19-9-7-17-6-8-18(2)3/h4-5,12,17H,6-11H2,1-3H3. The molecule has 0 amide bonds. The first-order chi connectivity index (χ1) is 9.59. The minimum atomic E-state index is 0.584. The number of nitrogens with one attached hydrogen (secondary N) is 1. The Morgan fingerprint density at radius 2 is 1.95 bits per heavy atom. The van der Waals surface area contributed by atoms with Gasteiger partial charge in [0.15, 0.2) is 0 Å². The largest absolute Gasteiger partial charge is 0.491 e. The molecular weight excluding hydrogens is 320 g/mol. The lowest BCUT2D eigenvalue weighted by Crippen LogP contribution is -2.29. The summed E-state index contributed by atoms with van der Waals surface area (Å²) in [6.45, 7) is 6.87. The normalized spacial score (nSPS) is 11.1. The van der Waals surface area contributed by atoms with E-state index in [-0.39, 0.29) is 0 Å². The zero-order valence-electron chi connectivity index (χ0n) is 12.6. The Kier molecular flexibility index (Phi) is 8.85. The maximum Gasteiger partial charge on any atom is 0.122 e. The van der Waals surface area contributed by atoms with Crippen molar-refractivity contribution >= 4 is 15.9 Å². The van der Waals surface area contributed by atoms with Gasteiger partial charge in [-0.3, -0.25) is 0 Å². The fraction of sp³-hybridized carbons (Fsp3) is 0.600. The van der Waals surface area contributed by atoms with Crippen LogP contribution in [0.3, 0.4) is 0 Å². The number of hydrogen-bond acceptors (Lipinski definition) is 4. The van der Waals surface area contributed by atoms with E-state index in [0.717, 1.165) is 42.0 Å². The molecule has 0 bridgehead atoms. The first kappa shape index (κ1) is 17.4. The Balaban J connectivity index is 1.99. The Bertz CT molecular complexity index is 386. The molecule has 0 saturated carbocycles. The van der Waals surface area contributed by atoms with Gasteiger partial charge in [0, 0.05) is 24.1 Å². The van der Waals surface area contributed by atoms with Gasteiger partial charge in [0.1, 0.15) is 12.4 Å². The highest BCUT2D eigenvalue weighted by Gasteiger charge is 1.99. The molecule has 1 N–H and O–H groups in total. The molecule has 1 aromatic carbocycles. The molecule has 0 aliphatic rings. The van der Waals surface area contributed by atoms with Crippen LogP contribution in [-0.4, -0.2) is 58.5 Å². The van der Waals surface area contributed by atoms with Gasteiger partial charge in [-0.1, -0.05) is 15.9 Å². The van der Waals surface area contributed by atoms with E-state index in [1.165, 1.54) is 0 Å². The molecule has 0 aromatic heterocycles. The van der Waals surface area contributed by atoms with Crippen LogP contribution in [-0.2, 0) is 4.74 Å². The monoisotopic (exact) mass is 344 g/mol. The van der Waals surface area contributed by atoms with Gasteiger partial charge in [0.2, 0.25) is 0 Å². The number of aryl methyl sites for hydroxylation is 1. The van der Waals surface area contributed by atoms with Crippen molar-refractivity contribution in [3.8, 4) is 5.75 Å². The number of halogens is 1. The predicted molar refractivity (Wildman–Crippen MR) is 86.6 cm³/mol. The third-order valence-electron chi connectivity index (χ3n) is 2.78. The van der Waals surface area contributed by atoms with Gasteiger partial charge in [-0.05, 0) is 44.8 Å². The number of likely N-dealkylation sites (N-methyl/N-ethyl adjacent to an activating group) is 1. The lowest BCUT2D eigenvalue weighted by atomic mass is 10.2. The summed E-state index contributed by atoms with van der Waals surface area (Å²) in [6, 6.07) is 6.00. The van der Waals surface area contributed by atoms with E-state index in [1.54, 1.807) is 0 Å². The van der Waals surface area contributed by atoms with Crippen molar-refractivity contribution in [3.05, 3.63) is 28.2 Å². The van der Waals surface area contributed by atoms with E-state index >= 15 is 0 Å². The molecule has 1 rings (SSSR count). The zero-order valence-corrected chi connectivity index (χ0v) is 14.2. The summed E-state index contributed by atoms with van der Waals surface area (Å²) in [5.74, 6) is 0.918. The molecule has 0 heterocycles. The minimum absolute atomic E-state index is 0.584. The van der Waals surface area contributed by atoms with Crippen LogP contribution in [0.1, 0.15) is 5.56 Å². The van der Waals surface area contributed by atoms with Crippen molar-refractivity contribution in [2.75, 3.05) is 53.6 Å². The molecule has 0 saturated heterocycles. The van der Waals surface area contributed by atoms with Crippen LogP contribution >= 0.6 is 15.9 Å². The first-order valence-electron chi connectivity index (χ1n) is 6.91. The minimum Gasteiger partial charge on any atom is -0.491 e. The summed E-state index contributed by atoms with van der Waals surface area (Å²) in [5.41, 5.74) is 1.13. The molecule has 20 heavy (non-hydrogen) atoms. The van der Waals surface area contributed by atoms with Crippen LogP contribution in [0.4, 0.5) is 0 Å². The van der Waals surface area contributed by atoms with E-state index in [9.17, 15) is 0 Å². The maximum absolute atomic E-state index is 5.68. The zero-order chi connectivity index (χ0) is 14.8. The molecule has 1 aromatic rings. The third kappa shape index (κ3) is 7.85. The Hall–Kier alpha value is -0.620. The van der Waals surface area contributed by atoms with E-state index in [1.807, 2.05) is 25.1 Å². The fourth-order valence-electron chi connectivity index (χ4n) is 1.66. The van der Waals surface area contributed by atoms with E-state index in [0.29, 0.717) is 13.2 Å². The number of nitrogens with zero attached hydrogens (tertiary/aromatic N) is 1. The van der Waals surface area contributed by atoms with Crippen LogP contribution in [0, 0.1) is 6.92 Å². The molecule has 0 unspecified atom stereocenters. The van der Waals surface area contributed by atoms with E-state index < -0.39 is 0 Å². The van der Waals surface area contributed by atoms with Crippen molar-refractivity contribution in [2.45, 2.75) is 6.92 Å². The van der Waals surface area contributed by atoms with Crippen molar-refractivity contribution in [2.24, 2.45) is 0 Å². The number of benzene rings is 1. The number of hydrogen-bond donors (Lipinski definition) is 1. The number of rotatable bonds is 10. The van der Waals surface area contributed by atoms with E-state index in [2.05, 4.69) is 40.2 Å². The van der Waals surface area contributed by atoms with Crippen LogP contribution in [0.5, 0.6) is 5.75 Å². The van der Waals surface area contributed by atoms with Gasteiger partial charge in [0.05, 0.1) is 13.2 Å². The molecule has 114 valence electrons. The van der Waals surface area contributed by atoms with Crippen molar-refractivity contribution < 1.29 is 9.47 Å². The molecule has 0 radical (unpaired) electrons. The first-order valence-corrected chi connectivity index (χ1v) is 7.71. The topological polar surface area (TPSA) is 33.7 Å². The number of ether oxygens (including phenoxy) is 2. The maximum atomic E-state index is 5.68. The van der Waals surface area contributed by atoms with Crippen molar-refractivity contribution in [1.29, 1.82) is 0 Å². The Morgan fingerprint density at radius 1 is 1.15 bits per heavy atom. The van der Waals surface area contributed by atoms with Crippen LogP contribution < -0.4 is 10.1 Å². The fourth-order valence-corrected chi connectivity index (χ4v) is 2.13. The lowest BCUT2D eigenvalue weighted by molar-refractivity contribution is 0.101. The lowest BCUT2D eigenvalue weighted by Gasteiger charge is -2.11. The van der Waals surface area contributed by atoms with E-state index in [4.69, 9.17) is 9.47 Å². The van der Waals surface area contributed by atoms with Crippen LogP contribution in [0.15, 0.2) is 22.7 Å². The van der Waals surface area contributed by atoms with Crippen LogP contribution in [0.25, 0.3) is 0 Å². The average molecular weight is 345 g/mol. The Labute approximate surface area is 130 Å². The summed E-state index contributed by atoms with van der Waals surface area (Å²) in [6.07, 6.45) is 0.